The molecule has 0 radical (unpaired) electrons. The van der Waals surface area contributed by atoms with Crippen molar-refractivity contribution in [2.45, 2.75) is 82.5 Å². The van der Waals surface area contributed by atoms with Crippen LogP contribution in [0.3, 0.4) is 0 Å². The van der Waals surface area contributed by atoms with E-state index in [9.17, 15) is 14.4 Å². The van der Waals surface area contributed by atoms with E-state index in [0.717, 1.165) is 37.7 Å². The van der Waals surface area contributed by atoms with Crippen LogP contribution in [0.25, 0.3) is 0 Å². The molecule has 2 saturated heterocycles. The van der Waals surface area contributed by atoms with Crippen LogP contribution < -0.4 is 0 Å². The van der Waals surface area contributed by atoms with Crippen molar-refractivity contribution in [3.05, 3.63) is 11.6 Å². The lowest BCUT2D eigenvalue weighted by atomic mass is 9.43. The summed E-state index contributed by atoms with van der Waals surface area (Å²) in [6.45, 7) is 4.51. The van der Waals surface area contributed by atoms with Gasteiger partial charge in [-0.05, 0) is 50.5 Å². The minimum absolute atomic E-state index is 0.0303. The Kier molecular flexibility index (Phi) is 3.53. The number of hydrogen-bond donors (Lipinski definition) is 0. The Bertz CT molecular complexity index is 907. The predicted molar refractivity (Wildman–Crippen MR) is 105 cm³/mol. The van der Waals surface area contributed by atoms with Crippen molar-refractivity contribution in [1.82, 2.24) is 0 Å². The molecule has 6 aliphatic rings. The Hall–Kier alpha value is -1.69. The molecule has 0 aromatic heterocycles. The Labute approximate surface area is 176 Å². The van der Waals surface area contributed by atoms with E-state index in [1.54, 1.807) is 6.08 Å². The quantitative estimate of drug-likeness (QED) is 0.484. The lowest BCUT2D eigenvalue weighted by Gasteiger charge is -2.58. The van der Waals surface area contributed by atoms with E-state index in [0.29, 0.717) is 19.3 Å². The van der Waals surface area contributed by atoms with Gasteiger partial charge < -0.3 is 14.2 Å². The van der Waals surface area contributed by atoms with Crippen molar-refractivity contribution in [3.63, 3.8) is 0 Å². The molecule has 6 nitrogen and oxygen atoms in total. The zero-order valence-electron chi connectivity index (χ0n) is 18.0. The summed E-state index contributed by atoms with van der Waals surface area (Å²) in [5.74, 6) is -0.201. The van der Waals surface area contributed by atoms with Gasteiger partial charge in [0.15, 0.2) is 5.78 Å². The molecule has 30 heavy (non-hydrogen) atoms. The van der Waals surface area contributed by atoms with Gasteiger partial charge in [0.25, 0.3) is 0 Å². The molecule has 0 bridgehead atoms. The molecule has 8 atom stereocenters. The molecule has 0 aromatic rings. The largest absolute Gasteiger partial charge is 0.469 e. The number of esters is 2. The average molecular weight is 414 g/mol. The van der Waals surface area contributed by atoms with E-state index in [2.05, 4.69) is 13.8 Å². The van der Waals surface area contributed by atoms with Crippen LogP contribution in [-0.4, -0.2) is 42.1 Å². The summed E-state index contributed by atoms with van der Waals surface area (Å²) in [6, 6.07) is 0. The second kappa shape index (κ2) is 5.56. The van der Waals surface area contributed by atoms with Crippen molar-refractivity contribution >= 4 is 17.7 Å². The predicted octanol–water partition coefficient (Wildman–Crippen LogP) is 3.12. The van der Waals surface area contributed by atoms with Gasteiger partial charge >= 0.3 is 11.9 Å². The average Bonchev–Trinajstić information content (AvgIpc) is 3.20. The minimum atomic E-state index is -0.424. The Balaban J connectivity index is 1.49. The van der Waals surface area contributed by atoms with Crippen molar-refractivity contribution in [2.24, 2.45) is 28.6 Å². The maximum Gasteiger partial charge on any atom is 0.309 e. The third-order valence-corrected chi connectivity index (χ3v) is 10.2. The lowest BCUT2D eigenvalue weighted by molar-refractivity contribution is -0.172. The fraction of sp³-hybridized carbons (Fsp3) is 0.792. The van der Waals surface area contributed by atoms with Gasteiger partial charge in [-0.3, -0.25) is 14.4 Å². The van der Waals surface area contributed by atoms with Gasteiger partial charge in [0.1, 0.15) is 11.2 Å². The molecule has 2 spiro atoms. The third kappa shape index (κ3) is 1.94. The van der Waals surface area contributed by atoms with Crippen LogP contribution in [0.2, 0.25) is 0 Å². The normalized spacial score (nSPS) is 53.2. The number of rotatable bonds is 1. The molecule has 4 aliphatic carbocycles. The van der Waals surface area contributed by atoms with Gasteiger partial charge in [-0.2, -0.15) is 0 Å². The lowest BCUT2D eigenvalue weighted by Crippen LogP contribution is -2.63. The summed E-state index contributed by atoms with van der Waals surface area (Å²) < 4.78 is 17.9. The van der Waals surface area contributed by atoms with Gasteiger partial charge in [0, 0.05) is 29.6 Å². The first kappa shape index (κ1) is 19.0. The molecule has 162 valence electrons. The Morgan fingerprint density at radius 3 is 2.67 bits per heavy atom. The number of epoxide rings is 1. The monoisotopic (exact) mass is 414 g/mol. The van der Waals surface area contributed by atoms with E-state index >= 15 is 0 Å². The second-order valence-corrected chi connectivity index (χ2v) is 11.0. The molecule has 2 heterocycles. The van der Waals surface area contributed by atoms with Gasteiger partial charge in [-0.15, -0.1) is 0 Å². The SMILES string of the molecule is COC(=O)[C@@H]1CC2=CC(=O)CCC2(C)[C@@]23O[C@@H]2CC2(C)[C@@H](CCC24CCC(=O)O4)C13. The van der Waals surface area contributed by atoms with Crippen LogP contribution in [0.5, 0.6) is 0 Å². The topological polar surface area (TPSA) is 82.2 Å². The molecule has 0 aromatic carbocycles. The first-order chi connectivity index (χ1) is 14.2. The number of ether oxygens (including phenoxy) is 3. The summed E-state index contributed by atoms with van der Waals surface area (Å²) in [6.07, 6.45) is 7.61. The standard InChI is InChI=1S/C24H30O6/c1-21-7-4-14(25)10-13(21)11-15(20(27)28-3)19-16-5-8-23(9-6-18(26)30-23)22(16,2)12-17-24(19,21)29-17/h10,15-17,19H,4-9,11-12H2,1-3H3/t15-,16+,17-,19?,21?,22?,23?,24-/m1/s1. The molecule has 6 heteroatoms. The number of hydrogen-bond acceptors (Lipinski definition) is 6. The molecule has 0 amide bonds. The minimum Gasteiger partial charge on any atom is -0.469 e. The first-order valence-corrected chi connectivity index (χ1v) is 11.4. The highest BCUT2D eigenvalue weighted by Crippen LogP contribution is 2.78. The van der Waals surface area contributed by atoms with E-state index in [-0.39, 0.29) is 52.4 Å². The van der Waals surface area contributed by atoms with Gasteiger partial charge in [0.2, 0.25) is 0 Å². The summed E-state index contributed by atoms with van der Waals surface area (Å²) in [5, 5.41) is 0. The zero-order chi connectivity index (χ0) is 21.1. The third-order valence-electron chi connectivity index (χ3n) is 10.2. The van der Waals surface area contributed by atoms with Crippen LogP contribution in [0, 0.1) is 28.6 Å². The fourth-order valence-electron chi connectivity index (χ4n) is 8.69. The Morgan fingerprint density at radius 1 is 1.17 bits per heavy atom. The Morgan fingerprint density at radius 2 is 1.97 bits per heavy atom. The molecule has 5 fully saturated rings. The van der Waals surface area contributed by atoms with Crippen molar-refractivity contribution in [3.8, 4) is 0 Å². The number of fused-ring (bicyclic) bond motifs is 4. The van der Waals surface area contributed by atoms with E-state index in [1.165, 1.54) is 7.11 Å². The number of carbonyl (C=O) groups excluding carboxylic acids is 3. The van der Waals surface area contributed by atoms with Crippen molar-refractivity contribution in [2.75, 3.05) is 7.11 Å². The van der Waals surface area contributed by atoms with Crippen molar-refractivity contribution < 1.29 is 28.6 Å². The van der Waals surface area contributed by atoms with Crippen molar-refractivity contribution in [1.29, 1.82) is 0 Å². The summed E-state index contributed by atoms with van der Waals surface area (Å²) >= 11 is 0. The zero-order valence-corrected chi connectivity index (χ0v) is 18.0. The van der Waals surface area contributed by atoms with Gasteiger partial charge in [0.05, 0.1) is 19.1 Å². The summed E-state index contributed by atoms with van der Waals surface area (Å²) in [5.41, 5.74) is -0.175. The fourth-order valence-corrected chi connectivity index (χ4v) is 8.69. The molecule has 2 aliphatic heterocycles. The van der Waals surface area contributed by atoms with E-state index < -0.39 is 11.2 Å². The van der Waals surface area contributed by atoms with Crippen LogP contribution in [0.1, 0.15) is 65.2 Å². The van der Waals surface area contributed by atoms with Gasteiger partial charge in [-0.25, -0.2) is 0 Å². The summed E-state index contributed by atoms with van der Waals surface area (Å²) in [4.78, 5) is 37.4. The molecule has 6 rings (SSSR count). The van der Waals surface area contributed by atoms with Crippen LogP contribution in [-0.2, 0) is 28.6 Å². The summed E-state index contributed by atoms with van der Waals surface area (Å²) in [7, 11) is 1.45. The van der Waals surface area contributed by atoms with Gasteiger partial charge in [-0.1, -0.05) is 19.4 Å². The molecule has 3 saturated carbocycles. The van der Waals surface area contributed by atoms with Crippen LogP contribution in [0.4, 0.5) is 0 Å². The second-order valence-electron chi connectivity index (χ2n) is 11.0. The molecular formula is C24H30O6. The maximum atomic E-state index is 13.0. The number of methoxy groups -OCH3 is 1. The molecular weight excluding hydrogens is 384 g/mol. The van der Waals surface area contributed by atoms with E-state index in [4.69, 9.17) is 14.2 Å². The van der Waals surface area contributed by atoms with Crippen LogP contribution in [0.15, 0.2) is 11.6 Å². The highest BCUT2D eigenvalue weighted by molar-refractivity contribution is 5.92. The number of carbonyl (C=O) groups is 3. The van der Waals surface area contributed by atoms with Crippen LogP contribution >= 0.6 is 0 Å². The first-order valence-electron chi connectivity index (χ1n) is 11.4. The smallest absolute Gasteiger partial charge is 0.309 e. The number of ketones is 1. The molecule has 4 unspecified atom stereocenters. The highest BCUT2D eigenvalue weighted by Gasteiger charge is 2.83. The van der Waals surface area contributed by atoms with E-state index in [1.807, 2.05) is 0 Å². The molecule has 0 N–H and O–H groups in total. The highest BCUT2D eigenvalue weighted by atomic mass is 16.6. The maximum absolute atomic E-state index is 13.0.